The van der Waals surface area contributed by atoms with Crippen LogP contribution in [0.4, 0.5) is 10.2 Å². The zero-order chi connectivity index (χ0) is 11.5. The monoisotopic (exact) mass is 214 g/mol. The molecule has 0 atom stereocenters. The minimum Gasteiger partial charge on any atom is -0.384 e. The van der Waals surface area contributed by atoms with Crippen molar-refractivity contribution in [2.45, 2.75) is 0 Å². The first kappa shape index (κ1) is 10.1. The van der Waals surface area contributed by atoms with Gasteiger partial charge in [-0.05, 0) is 18.2 Å². The normalized spacial score (nSPS) is 9.75. The van der Waals surface area contributed by atoms with E-state index >= 15 is 0 Å². The third-order valence-electron chi connectivity index (χ3n) is 2.07. The van der Waals surface area contributed by atoms with Gasteiger partial charge >= 0.3 is 0 Å². The van der Waals surface area contributed by atoms with Crippen LogP contribution >= 0.6 is 0 Å². The van der Waals surface area contributed by atoms with E-state index in [2.05, 4.69) is 9.97 Å². The third kappa shape index (κ3) is 1.81. The first-order valence-electron chi connectivity index (χ1n) is 4.48. The van der Waals surface area contributed by atoms with Gasteiger partial charge in [0, 0.05) is 11.6 Å². The SMILES string of the molecule is N#Cc1cc(-c2cc(N)ncn2)ccc1F. The number of hydrogen-bond acceptors (Lipinski definition) is 4. The Hall–Kier alpha value is -2.48. The molecule has 0 aliphatic carbocycles. The van der Waals surface area contributed by atoms with E-state index in [-0.39, 0.29) is 5.56 Å². The highest BCUT2D eigenvalue weighted by Gasteiger charge is 2.05. The Morgan fingerprint density at radius 2 is 2.06 bits per heavy atom. The lowest BCUT2D eigenvalue weighted by atomic mass is 10.1. The summed E-state index contributed by atoms with van der Waals surface area (Å²) in [4.78, 5) is 7.74. The molecule has 0 unspecified atom stereocenters. The number of rotatable bonds is 1. The summed E-state index contributed by atoms with van der Waals surface area (Å²) < 4.78 is 13.1. The summed E-state index contributed by atoms with van der Waals surface area (Å²) in [5.41, 5.74) is 6.68. The molecule has 2 rings (SSSR count). The van der Waals surface area contributed by atoms with E-state index in [4.69, 9.17) is 11.0 Å². The second kappa shape index (κ2) is 3.95. The van der Waals surface area contributed by atoms with E-state index in [0.29, 0.717) is 17.1 Å². The highest BCUT2D eigenvalue weighted by Crippen LogP contribution is 2.20. The van der Waals surface area contributed by atoms with E-state index in [9.17, 15) is 4.39 Å². The van der Waals surface area contributed by atoms with E-state index in [0.717, 1.165) is 0 Å². The molecule has 0 aliphatic heterocycles. The minimum atomic E-state index is -0.548. The largest absolute Gasteiger partial charge is 0.384 e. The third-order valence-corrected chi connectivity index (χ3v) is 2.07. The zero-order valence-corrected chi connectivity index (χ0v) is 8.18. The Kier molecular flexibility index (Phi) is 2.48. The van der Waals surface area contributed by atoms with Gasteiger partial charge in [0.1, 0.15) is 24.0 Å². The smallest absolute Gasteiger partial charge is 0.140 e. The summed E-state index contributed by atoms with van der Waals surface area (Å²) in [6.45, 7) is 0. The lowest BCUT2D eigenvalue weighted by Crippen LogP contribution is -1.93. The highest BCUT2D eigenvalue weighted by molar-refractivity contribution is 5.63. The van der Waals surface area contributed by atoms with Crippen LogP contribution in [0.5, 0.6) is 0 Å². The quantitative estimate of drug-likeness (QED) is 0.784. The van der Waals surface area contributed by atoms with Gasteiger partial charge < -0.3 is 5.73 Å². The van der Waals surface area contributed by atoms with Crippen molar-refractivity contribution in [2.75, 3.05) is 5.73 Å². The van der Waals surface area contributed by atoms with Crippen LogP contribution in [-0.2, 0) is 0 Å². The van der Waals surface area contributed by atoms with Gasteiger partial charge in [0.2, 0.25) is 0 Å². The molecule has 0 radical (unpaired) electrons. The summed E-state index contributed by atoms with van der Waals surface area (Å²) in [6, 6.07) is 7.53. The summed E-state index contributed by atoms with van der Waals surface area (Å²) in [7, 11) is 0. The molecule has 0 bridgehead atoms. The lowest BCUT2D eigenvalue weighted by molar-refractivity contribution is 0.624. The number of nitrogens with two attached hydrogens (primary N) is 1. The Bertz CT molecular complexity index is 574. The topological polar surface area (TPSA) is 75.6 Å². The van der Waals surface area contributed by atoms with Gasteiger partial charge in [-0.2, -0.15) is 5.26 Å². The minimum absolute atomic E-state index is 0.0188. The molecule has 16 heavy (non-hydrogen) atoms. The van der Waals surface area contributed by atoms with Crippen LogP contribution in [0.15, 0.2) is 30.6 Å². The molecule has 2 aromatic rings. The van der Waals surface area contributed by atoms with Crippen molar-refractivity contribution in [3.63, 3.8) is 0 Å². The first-order valence-corrected chi connectivity index (χ1v) is 4.48. The van der Waals surface area contributed by atoms with E-state index < -0.39 is 5.82 Å². The Labute approximate surface area is 91.2 Å². The van der Waals surface area contributed by atoms with Gasteiger partial charge in [-0.25, -0.2) is 14.4 Å². The fraction of sp³-hybridized carbons (Fsp3) is 0. The zero-order valence-electron chi connectivity index (χ0n) is 8.18. The van der Waals surface area contributed by atoms with Gasteiger partial charge in [-0.1, -0.05) is 0 Å². The number of hydrogen-bond donors (Lipinski definition) is 1. The Morgan fingerprint density at radius 1 is 1.25 bits per heavy atom. The molecule has 0 saturated heterocycles. The Morgan fingerprint density at radius 3 is 2.75 bits per heavy atom. The van der Waals surface area contributed by atoms with Crippen molar-refractivity contribution in [1.82, 2.24) is 9.97 Å². The van der Waals surface area contributed by atoms with Gasteiger partial charge in [0.15, 0.2) is 0 Å². The van der Waals surface area contributed by atoms with Crippen LogP contribution in [0.3, 0.4) is 0 Å². The van der Waals surface area contributed by atoms with Crippen LogP contribution in [0, 0.1) is 17.1 Å². The second-order valence-electron chi connectivity index (χ2n) is 3.13. The number of nitriles is 1. The predicted molar refractivity (Wildman–Crippen MR) is 56.6 cm³/mol. The van der Waals surface area contributed by atoms with E-state index in [1.54, 1.807) is 12.1 Å². The maximum atomic E-state index is 13.1. The Balaban J connectivity index is 2.54. The fourth-order valence-electron chi connectivity index (χ4n) is 1.30. The lowest BCUT2D eigenvalue weighted by Gasteiger charge is -2.02. The van der Waals surface area contributed by atoms with Crippen molar-refractivity contribution < 1.29 is 4.39 Å². The molecule has 1 aromatic carbocycles. The summed E-state index contributed by atoms with van der Waals surface area (Å²) in [5.74, 6) is -0.221. The average Bonchev–Trinajstić information content (AvgIpc) is 2.29. The van der Waals surface area contributed by atoms with Crippen LogP contribution in [0.1, 0.15) is 5.56 Å². The van der Waals surface area contributed by atoms with Gasteiger partial charge in [0.05, 0.1) is 11.3 Å². The van der Waals surface area contributed by atoms with Crippen molar-refractivity contribution in [1.29, 1.82) is 5.26 Å². The van der Waals surface area contributed by atoms with Crippen LogP contribution in [0.2, 0.25) is 0 Å². The molecule has 0 aliphatic rings. The molecule has 2 N–H and O–H groups in total. The molecule has 1 aromatic heterocycles. The number of halogens is 1. The van der Waals surface area contributed by atoms with Crippen molar-refractivity contribution in [3.05, 3.63) is 42.0 Å². The number of anilines is 1. The maximum Gasteiger partial charge on any atom is 0.140 e. The predicted octanol–water partition coefficient (Wildman–Crippen LogP) is 1.74. The molecule has 0 fully saturated rings. The first-order chi connectivity index (χ1) is 7.70. The highest BCUT2D eigenvalue weighted by atomic mass is 19.1. The molecular weight excluding hydrogens is 207 g/mol. The number of nitrogen functional groups attached to an aromatic ring is 1. The fourth-order valence-corrected chi connectivity index (χ4v) is 1.30. The van der Waals surface area contributed by atoms with Crippen molar-refractivity contribution in [2.24, 2.45) is 0 Å². The van der Waals surface area contributed by atoms with Crippen LogP contribution < -0.4 is 5.73 Å². The average molecular weight is 214 g/mol. The van der Waals surface area contributed by atoms with Crippen LogP contribution in [0.25, 0.3) is 11.3 Å². The van der Waals surface area contributed by atoms with Crippen molar-refractivity contribution in [3.8, 4) is 17.3 Å². The molecular formula is C11H7FN4. The molecule has 0 spiro atoms. The van der Waals surface area contributed by atoms with Crippen LogP contribution in [-0.4, -0.2) is 9.97 Å². The van der Waals surface area contributed by atoms with Gasteiger partial charge in [-0.3, -0.25) is 0 Å². The van der Waals surface area contributed by atoms with Gasteiger partial charge in [-0.15, -0.1) is 0 Å². The second-order valence-corrected chi connectivity index (χ2v) is 3.13. The molecule has 0 saturated carbocycles. The van der Waals surface area contributed by atoms with Gasteiger partial charge in [0.25, 0.3) is 0 Å². The molecule has 0 amide bonds. The van der Waals surface area contributed by atoms with E-state index in [1.165, 1.54) is 24.5 Å². The number of nitrogens with zero attached hydrogens (tertiary/aromatic N) is 3. The summed E-state index contributed by atoms with van der Waals surface area (Å²) >= 11 is 0. The number of benzene rings is 1. The van der Waals surface area contributed by atoms with Crippen molar-refractivity contribution >= 4 is 5.82 Å². The van der Waals surface area contributed by atoms with E-state index in [1.807, 2.05) is 0 Å². The molecule has 1 heterocycles. The molecule has 5 heteroatoms. The molecule has 78 valence electrons. The molecule has 4 nitrogen and oxygen atoms in total. The standard InChI is InChI=1S/C11H7FN4/c12-9-2-1-7(3-8(9)5-13)10-4-11(14)16-6-15-10/h1-4,6H,(H2,14,15,16). The summed E-state index contributed by atoms with van der Waals surface area (Å²) in [5, 5.41) is 8.70. The maximum absolute atomic E-state index is 13.1. The summed E-state index contributed by atoms with van der Waals surface area (Å²) in [6.07, 6.45) is 1.32. The number of aromatic nitrogens is 2.